The number of rotatable bonds is 4. The van der Waals surface area contributed by atoms with Crippen LogP contribution in [-0.4, -0.2) is 40.1 Å². The van der Waals surface area contributed by atoms with Crippen LogP contribution in [0.5, 0.6) is 5.75 Å². The SMILES string of the molecule is COc1ccc(S(N)(=O)=O)cc1C(=O)NC1CCCNC1C. The smallest absolute Gasteiger partial charge is 0.255 e. The van der Waals surface area contributed by atoms with Gasteiger partial charge in [0, 0.05) is 12.1 Å². The van der Waals surface area contributed by atoms with Crippen LogP contribution in [0.1, 0.15) is 30.1 Å². The minimum atomic E-state index is -3.88. The van der Waals surface area contributed by atoms with Gasteiger partial charge in [0.05, 0.1) is 17.6 Å². The number of amides is 1. The summed E-state index contributed by atoms with van der Waals surface area (Å²) in [6.07, 6.45) is 1.85. The lowest BCUT2D eigenvalue weighted by atomic mass is 9.99. The number of nitrogens with two attached hydrogens (primary N) is 1. The summed E-state index contributed by atoms with van der Waals surface area (Å²) >= 11 is 0. The molecule has 8 heteroatoms. The van der Waals surface area contributed by atoms with Crippen LogP contribution in [0.3, 0.4) is 0 Å². The van der Waals surface area contributed by atoms with E-state index in [1.165, 1.54) is 25.3 Å². The first-order chi connectivity index (χ1) is 10.3. The Morgan fingerprint density at radius 3 is 2.77 bits per heavy atom. The highest BCUT2D eigenvalue weighted by Crippen LogP contribution is 2.22. The van der Waals surface area contributed by atoms with E-state index in [1.54, 1.807) is 0 Å². The summed E-state index contributed by atoms with van der Waals surface area (Å²) in [7, 11) is -2.45. The standard InChI is InChI=1S/C14H21N3O4S/c1-9-12(4-3-7-16-9)17-14(18)11-8-10(22(15,19)20)5-6-13(11)21-2/h5-6,8-9,12,16H,3-4,7H2,1-2H3,(H,17,18)(H2,15,19,20). The number of carbonyl (C=O) groups excluding carboxylic acids is 1. The largest absolute Gasteiger partial charge is 0.496 e. The van der Waals surface area contributed by atoms with Gasteiger partial charge in [0.25, 0.3) is 5.91 Å². The van der Waals surface area contributed by atoms with Crippen molar-refractivity contribution in [2.24, 2.45) is 5.14 Å². The summed E-state index contributed by atoms with van der Waals surface area (Å²) in [6, 6.07) is 4.13. The fourth-order valence-corrected chi connectivity index (χ4v) is 3.07. The molecule has 2 rings (SSSR count). The Hall–Kier alpha value is -1.64. The second-order valence-electron chi connectivity index (χ2n) is 5.37. The van der Waals surface area contributed by atoms with E-state index >= 15 is 0 Å². The molecule has 1 saturated heterocycles. The van der Waals surface area contributed by atoms with Crippen LogP contribution in [0, 0.1) is 0 Å². The van der Waals surface area contributed by atoms with Crippen molar-refractivity contribution in [1.82, 2.24) is 10.6 Å². The third-order valence-electron chi connectivity index (χ3n) is 3.82. The highest BCUT2D eigenvalue weighted by Gasteiger charge is 2.25. The van der Waals surface area contributed by atoms with Gasteiger partial charge in [0.1, 0.15) is 5.75 Å². The monoisotopic (exact) mass is 327 g/mol. The summed E-state index contributed by atoms with van der Waals surface area (Å²) in [5.41, 5.74) is 0.159. The van der Waals surface area contributed by atoms with Crippen LogP contribution < -0.4 is 20.5 Å². The van der Waals surface area contributed by atoms with Gasteiger partial charge in [-0.2, -0.15) is 0 Å². The lowest BCUT2D eigenvalue weighted by Crippen LogP contribution is -2.51. The number of hydrogen-bond donors (Lipinski definition) is 3. The fraction of sp³-hybridized carbons (Fsp3) is 0.500. The Morgan fingerprint density at radius 1 is 1.45 bits per heavy atom. The second kappa shape index (κ2) is 6.64. The van der Waals surface area contributed by atoms with Gasteiger partial charge >= 0.3 is 0 Å². The number of piperidine rings is 1. The fourth-order valence-electron chi connectivity index (χ4n) is 2.53. The number of hydrogen-bond acceptors (Lipinski definition) is 5. The zero-order valence-corrected chi connectivity index (χ0v) is 13.4. The molecule has 2 atom stereocenters. The van der Waals surface area contributed by atoms with Crippen LogP contribution in [0.2, 0.25) is 0 Å². The molecule has 0 bridgehead atoms. The van der Waals surface area contributed by atoms with E-state index < -0.39 is 10.0 Å². The molecule has 1 aliphatic heterocycles. The number of benzene rings is 1. The molecule has 122 valence electrons. The van der Waals surface area contributed by atoms with Crippen molar-refractivity contribution in [3.05, 3.63) is 23.8 Å². The van der Waals surface area contributed by atoms with Gasteiger partial charge < -0.3 is 15.4 Å². The topological polar surface area (TPSA) is 111 Å². The van der Waals surface area contributed by atoms with Gasteiger partial charge in [-0.05, 0) is 44.5 Å². The zero-order valence-electron chi connectivity index (χ0n) is 12.6. The maximum absolute atomic E-state index is 12.5. The number of methoxy groups -OCH3 is 1. The third kappa shape index (κ3) is 3.76. The zero-order chi connectivity index (χ0) is 16.3. The van der Waals surface area contributed by atoms with Gasteiger partial charge in [0.2, 0.25) is 10.0 Å². The minimum Gasteiger partial charge on any atom is -0.496 e. The quantitative estimate of drug-likeness (QED) is 0.732. The molecule has 2 unspecified atom stereocenters. The Labute approximate surface area is 130 Å². The lowest BCUT2D eigenvalue weighted by Gasteiger charge is -2.30. The molecule has 1 heterocycles. The molecule has 7 nitrogen and oxygen atoms in total. The van der Waals surface area contributed by atoms with E-state index in [1.807, 2.05) is 6.92 Å². The lowest BCUT2D eigenvalue weighted by molar-refractivity contribution is 0.0916. The molecule has 22 heavy (non-hydrogen) atoms. The summed E-state index contributed by atoms with van der Waals surface area (Å²) in [6.45, 7) is 2.93. The van der Waals surface area contributed by atoms with E-state index in [9.17, 15) is 13.2 Å². The molecule has 1 aliphatic rings. The molecular formula is C14H21N3O4S. The predicted octanol–water partition coefficient (Wildman–Crippen LogP) is 0.213. The highest BCUT2D eigenvalue weighted by molar-refractivity contribution is 7.89. The van der Waals surface area contributed by atoms with E-state index in [-0.39, 0.29) is 28.4 Å². The normalized spacial score (nSPS) is 22.1. The molecule has 1 aromatic carbocycles. The Kier molecular flexibility index (Phi) is 5.05. The molecule has 0 spiro atoms. The van der Waals surface area contributed by atoms with Crippen LogP contribution >= 0.6 is 0 Å². The van der Waals surface area contributed by atoms with Gasteiger partial charge in [0.15, 0.2) is 0 Å². The molecular weight excluding hydrogens is 306 g/mol. The first-order valence-corrected chi connectivity index (χ1v) is 8.62. The maximum atomic E-state index is 12.5. The second-order valence-corrected chi connectivity index (χ2v) is 6.93. The average molecular weight is 327 g/mol. The maximum Gasteiger partial charge on any atom is 0.255 e. The van der Waals surface area contributed by atoms with Crippen LogP contribution in [-0.2, 0) is 10.0 Å². The van der Waals surface area contributed by atoms with Crippen molar-refractivity contribution in [1.29, 1.82) is 0 Å². The number of sulfonamides is 1. The predicted molar refractivity (Wildman–Crippen MR) is 82.3 cm³/mol. The van der Waals surface area contributed by atoms with E-state index in [4.69, 9.17) is 9.88 Å². The van der Waals surface area contributed by atoms with Crippen molar-refractivity contribution in [2.75, 3.05) is 13.7 Å². The summed E-state index contributed by atoms with van der Waals surface area (Å²) in [5, 5.41) is 11.3. The van der Waals surface area contributed by atoms with Gasteiger partial charge in [-0.1, -0.05) is 0 Å². The number of nitrogens with one attached hydrogen (secondary N) is 2. The van der Waals surface area contributed by atoms with Gasteiger partial charge in [-0.3, -0.25) is 4.79 Å². The molecule has 1 fully saturated rings. The first-order valence-electron chi connectivity index (χ1n) is 7.08. The first kappa shape index (κ1) is 16.7. The molecule has 1 aromatic rings. The van der Waals surface area contributed by atoms with Crippen molar-refractivity contribution >= 4 is 15.9 Å². The summed E-state index contributed by atoms with van der Waals surface area (Å²) in [5.74, 6) is -0.0655. The van der Waals surface area contributed by atoms with Crippen LogP contribution in [0.15, 0.2) is 23.1 Å². The van der Waals surface area contributed by atoms with Crippen molar-refractivity contribution in [2.45, 2.75) is 36.7 Å². The summed E-state index contributed by atoms with van der Waals surface area (Å²) in [4.78, 5) is 12.3. The van der Waals surface area contributed by atoms with E-state index in [2.05, 4.69) is 10.6 Å². The molecule has 0 saturated carbocycles. The highest BCUT2D eigenvalue weighted by atomic mass is 32.2. The summed E-state index contributed by atoms with van der Waals surface area (Å²) < 4.78 is 28.0. The van der Waals surface area contributed by atoms with Crippen LogP contribution in [0.4, 0.5) is 0 Å². The number of primary sulfonamides is 1. The van der Waals surface area contributed by atoms with E-state index in [0.29, 0.717) is 5.75 Å². The van der Waals surface area contributed by atoms with Gasteiger partial charge in [-0.15, -0.1) is 0 Å². The Balaban J connectivity index is 2.27. The number of ether oxygens (including phenoxy) is 1. The molecule has 0 aromatic heterocycles. The van der Waals surface area contributed by atoms with E-state index in [0.717, 1.165) is 19.4 Å². The Morgan fingerprint density at radius 2 is 2.18 bits per heavy atom. The van der Waals surface area contributed by atoms with Crippen LogP contribution in [0.25, 0.3) is 0 Å². The average Bonchev–Trinajstić information content (AvgIpc) is 2.48. The molecule has 1 amide bonds. The molecule has 0 aliphatic carbocycles. The van der Waals surface area contributed by atoms with Crippen molar-refractivity contribution in [3.8, 4) is 5.75 Å². The van der Waals surface area contributed by atoms with Crippen molar-refractivity contribution < 1.29 is 17.9 Å². The molecule has 4 N–H and O–H groups in total. The van der Waals surface area contributed by atoms with Gasteiger partial charge in [-0.25, -0.2) is 13.6 Å². The third-order valence-corrected chi connectivity index (χ3v) is 4.73. The number of carbonyl (C=O) groups is 1. The molecule has 0 radical (unpaired) electrons. The Bertz CT molecular complexity index is 660. The minimum absolute atomic E-state index is 0.0101. The van der Waals surface area contributed by atoms with Crippen molar-refractivity contribution in [3.63, 3.8) is 0 Å².